The maximum Gasteiger partial charge on any atom is 0.328 e. The molecule has 0 N–H and O–H groups in total. The van der Waals surface area contributed by atoms with Crippen LogP contribution in [0.5, 0.6) is 0 Å². The van der Waals surface area contributed by atoms with Gasteiger partial charge in [-0.15, -0.1) is 0 Å². The van der Waals surface area contributed by atoms with Crippen LogP contribution in [0.4, 0.5) is 0 Å². The van der Waals surface area contributed by atoms with Crippen LogP contribution in [0.25, 0.3) is 6.08 Å². The maximum atomic E-state index is 12.1. The molecule has 0 radical (unpaired) electrons. The molecule has 0 spiro atoms. The Morgan fingerprint density at radius 3 is 3.00 bits per heavy atom. The molecule has 2 heterocycles. The van der Waals surface area contributed by atoms with E-state index in [9.17, 15) is 9.59 Å². The fraction of sp³-hybridized carbons (Fsp3) is 0.500. The van der Waals surface area contributed by atoms with Crippen LogP contribution < -0.4 is 0 Å². The highest BCUT2D eigenvalue weighted by Gasteiger charge is 2.33. The van der Waals surface area contributed by atoms with Gasteiger partial charge < -0.3 is 9.64 Å². The van der Waals surface area contributed by atoms with E-state index in [0.717, 1.165) is 12.0 Å². The Labute approximate surface area is 118 Å². The fourth-order valence-electron chi connectivity index (χ4n) is 2.30. The lowest BCUT2D eigenvalue weighted by molar-refractivity contribution is -0.151. The second-order valence-corrected chi connectivity index (χ2v) is 4.72. The van der Waals surface area contributed by atoms with Crippen molar-refractivity contribution in [2.24, 2.45) is 7.05 Å². The number of carbonyl (C=O) groups excluding carboxylic acids is 2. The molecule has 6 nitrogen and oxygen atoms in total. The summed E-state index contributed by atoms with van der Waals surface area (Å²) in [5.41, 5.74) is 0.854. The van der Waals surface area contributed by atoms with E-state index in [2.05, 4.69) is 5.10 Å². The smallest absolute Gasteiger partial charge is 0.328 e. The van der Waals surface area contributed by atoms with Gasteiger partial charge in [-0.05, 0) is 25.8 Å². The van der Waals surface area contributed by atoms with Crippen molar-refractivity contribution >= 4 is 18.0 Å². The molecule has 1 aromatic heterocycles. The number of aryl methyl sites for hydroxylation is 1. The maximum absolute atomic E-state index is 12.1. The molecule has 20 heavy (non-hydrogen) atoms. The average molecular weight is 277 g/mol. The number of aromatic nitrogens is 2. The second-order valence-electron chi connectivity index (χ2n) is 4.72. The van der Waals surface area contributed by atoms with E-state index < -0.39 is 6.04 Å². The van der Waals surface area contributed by atoms with Gasteiger partial charge in [-0.25, -0.2) is 4.79 Å². The quantitative estimate of drug-likeness (QED) is 0.608. The monoisotopic (exact) mass is 277 g/mol. The topological polar surface area (TPSA) is 64.4 Å². The Morgan fingerprint density at radius 1 is 1.55 bits per heavy atom. The normalized spacial score (nSPS) is 18.7. The zero-order valence-corrected chi connectivity index (χ0v) is 11.8. The predicted octanol–water partition coefficient (Wildman–Crippen LogP) is 0.987. The Kier molecular flexibility index (Phi) is 4.55. The van der Waals surface area contributed by atoms with Gasteiger partial charge in [0, 0.05) is 31.4 Å². The van der Waals surface area contributed by atoms with Gasteiger partial charge in [0.05, 0.1) is 12.8 Å². The summed E-state index contributed by atoms with van der Waals surface area (Å²) >= 11 is 0. The number of likely N-dealkylation sites (tertiary alicyclic amines) is 1. The first-order valence-electron chi connectivity index (χ1n) is 6.75. The number of ether oxygens (including phenoxy) is 1. The Bertz CT molecular complexity index is 521. The van der Waals surface area contributed by atoms with Crippen molar-refractivity contribution in [2.75, 3.05) is 13.2 Å². The van der Waals surface area contributed by atoms with Crippen molar-refractivity contribution in [3.8, 4) is 0 Å². The Morgan fingerprint density at radius 2 is 2.35 bits per heavy atom. The molecule has 6 heteroatoms. The summed E-state index contributed by atoms with van der Waals surface area (Å²) in [6.45, 7) is 2.70. The van der Waals surface area contributed by atoms with Gasteiger partial charge in [-0.2, -0.15) is 5.10 Å². The summed E-state index contributed by atoms with van der Waals surface area (Å²) in [6.07, 6.45) is 8.18. The second kappa shape index (κ2) is 6.36. The summed E-state index contributed by atoms with van der Waals surface area (Å²) in [4.78, 5) is 25.5. The van der Waals surface area contributed by atoms with Crippen molar-refractivity contribution in [3.05, 3.63) is 24.0 Å². The largest absolute Gasteiger partial charge is 0.464 e. The van der Waals surface area contributed by atoms with E-state index in [4.69, 9.17) is 4.74 Å². The predicted molar refractivity (Wildman–Crippen MR) is 73.6 cm³/mol. The molecular weight excluding hydrogens is 258 g/mol. The van der Waals surface area contributed by atoms with Gasteiger partial charge >= 0.3 is 5.97 Å². The van der Waals surface area contributed by atoms with Crippen LogP contribution in [0, 0.1) is 0 Å². The number of amides is 1. The van der Waals surface area contributed by atoms with Crippen LogP contribution in [-0.4, -0.2) is 45.8 Å². The lowest BCUT2D eigenvalue weighted by atomic mass is 10.2. The molecular formula is C14H19N3O3. The molecule has 0 aliphatic carbocycles. The molecule has 1 aromatic rings. The molecule has 1 aliphatic rings. The van der Waals surface area contributed by atoms with Crippen LogP contribution in [0.2, 0.25) is 0 Å². The lowest BCUT2D eigenvalue weighted by Crippen LogP contribution is -2.40. The molecule has 1 atom stereocenters. The van der Waals surface area contributed by atoms with E-state index in [-0.39, 0.29) is 11.9 Å². The zero-order chi connectivity index (χ0) is 14.5. The highest BCUT2D eigenvalue weighted by atomic mass is 16.5. The lowest BCUT2D eigenvalue weighted by Gasteiger charge is -2.21. The Hall–Kier alpha value is -2.11. The number of rotatable bonds is 4. The van der Waals surface area contributed by atoms with Crippen molar-refractivity contribution in [2.45, 2.75) is 25.8 Å². The van der Waals surface area contributed by atoms with Crippen LogP contribution in [0.1, 0.15) is 25.3 Å². The van der Waals surface area contributed by atoms with Crippen molar-refractivity contribution < 1.29 is 14.3 Å². The van der Waals surface area contributed by atoms with Crippen molar-refractivity contribution in [1.82, 2.24) is 14.7 Å². The van der Waals surface area contributed by atoms with Crippen LogP contribution in [0.15, 0.2) is 18.5 Å². The molecule has 1 unspecified atom stereocenters. The summed E-state index contributed by atoms with van der Waals surface area (Å²) in [7, 11) is 1.82. The van der Waals surface area contributed by atoms with Gasteiger partial charge in [0.15, 0.2) is 0 Å². The van der Waals surface area contributed by atoms with E-state index in [1.807, 2.05) is 13.2 Å². The van der Waals surface area contributed by atoms with E-state index in [0.29, 0.717) is 19.6 Å². The van der Waals surface area contributed by atoms with Crippen LogP contribution in [0.3, 0.4) is 0 Å². The third-order valence-corrected chi connectivity index (χ3v) is 3.24. The van der Waals surface area contributed by atoms with Gasteiger partial charge in [0.25, 0.3) is 0 Å². The minimum atomic E-state index is -0.444. The highest BCUT2D eigenvalue weighted by molar-refractivity contribution is 5.95. The zero-order valence-electron chi connectivity index (χ0n) is 11.8. The first-order valence-corrected chi connectivity index (χ1v) is 6.75. The van der Waals surface area contributed by atoms with E-state index >= 15 is 0 Å². The summed E-state index contributed by atoms with van der Waals surface area (Å²) in [5, 5.41) is 4.03. The summed E-state index contributed by atoms with van der Waals surface area (Å²) < 4.78 is 6.67. The van der Waals surface area contributed by atoms with Gasteiger partial charge in [-0.1, -0.05) is 0 Å². The molecule has 2 rings (SSSR count). The number of carbonyl (C=O) groups is 2. The Balaban J connectivity index is 2.00. The molecule has 1 aliphatic heterocycles. The van der Waals surface area contributed by atoms with E-state index in [1.165, 1.54) is 6.08 Å². The van der Waals surface area contributed by atoms with Crippen LogP contribution >= 0.6 is 0 Å². The molecule has 108 valence electrons. The minimum absolute atomic E-state index is 0.163. The van der Waals surface area contributed by atoms with Crippen molar-refractivity contribution in [3.63, 3.8) is 0 Å². The molecule has 0 aromatic carbocycles. The van der Waals surface area contributed by atoms with Gasteiger partial charge in [-0.3, -0.25) is 9.48 Å². The molecule has 0 saturated carbocycles. The van der Waals surface area contributed by atoms with E-state index in [1.54, 1.807) is 28.8 Å². The fourth-order valence-corrected chi connectivity index (χ4v) is 2.30. The first kappa shape index (κ1) is 14.3. The van der Waals surface area contributed by atoms with Gasteiger partial charge in [0.1, 0.15) is 6.04 Å². The third-order valence-electron chi connectivity index (χ3n) is 3.24. The first-order chi connectivity index (χ1) is 9.61. The third kappa shape index (κ3) is 3.26. The number of nitrogens with zero attached hydrogens (tertiary/aromatic N) is 3. The summed E-state index contributed by atoms with van der Waals surface area (Å²) in [5.74, 6) is -0.475. The number of esters is 1. The average Bonchev–Trinajstić information content (AvgIpc) is 3.05. The number of hydrogen-bond acceptors (Lipinski definition) is 4. The molecule has 1 amide bonds. The minimum Gasteiger partial charge on any atom is -0.464 e. The SMILES string of the molecule is CCOC(=O)C1CCCN1C(=O)C=Cc1cnn(C)c1. The van der Waals surface area contributed by atoms with Gasteiger partial charge in [0.2, 0.25) is 5.91 Å². The molecule has 1 saturated heterocycles. The highest BCUT2D eigenvalue weighted by Crippen LogP contribution is 2.19. The standard InChI is InChI=1S/C14H19N3O3/c1-3-20-14(19)12-5-4-8-17(12)13(18)7-6-11-9-15-16(2)10-11/h6-7,9-10,12H,3-5,8H2,1-2H3. The molecule has 1 fully saturated rings. The molecule has 0 bridgehead atoms. The number of hydrogen-bond donors (Lipinski definition) is 0. The van der Waals surface area contributed by atoms with Crippen molar-refractivity contribution in [1.29, 1.82) is 0 Å². The van der Waals surface area contributed by atoms with Crippen LogP contribution in [-0.2, 0) is 21.4 Å². The summed E-state index contributed by atoms with van der Waals surface area (Å²) in [6, 6.07) is -0.444.